The van der Waals surface area contributed by atoms with Gasteiger partial charge in [-0.05, 0) is 59.7 Å². The van der Waals surface area contributed by atoms with Gasteiger partial charge in [-0.25, -0.2) is 0 Å². The molecule has 0 saturated heterocycles. The third kappa shape index (κ3) is 5.01. The molecule has 1 aliphatic rings. The standard InChI is InChI=1S/C25H32N2O4/c1-16(26-23(28)17-7-9-20(10-8-17)25(2,3)4)24(29)27-12-11-18-13-21(30-5)22(31-6)14-19(18)15-27/h7-10,13-14,16H,11-12,15H2,1-6H3,(H,26,28). The zero-order valence-electron chi connectivity index (χ0n) is 19.2. The van der Waals surface area contributed by atoms with Gasteiger partial charge in [-0.2, -0.15) is 0 Å². The van der Waals surface area contributed by atoms with Gasteiger partial charge in [0.1, 0.15) is 6.04 Å². The van der Waals surface area contributed by atoms with Gasteiger partial charge in [0.05, 0.1) is 14.2 Å². The van der Waals surface area contributed by atoms with Crippen LogP contribution in [0.2, 0.25) is 0 Å². The lowest BCUT2D eigenvalue weighted by Gasteiger charge is -2.31. The number of carbonyl (C=O) groups excluding carboxylic acids is 2. The van der Waals surface area contributed by atoms with E-state index in [9.17, 15) is 9.59 Å². The van der Waals surface area contributed by atoms with E-state index in [-0.39, 0.29) is 17.2 Å². The highest BCUT2D eigenvalue weighted by molar-refractivity contribution is 5.97. The fourth-order valence-corrected chi connectivity index (χ4v) is 3.81. The lowest BCUT2D eigenvalue weighted by Crippen LogP contribution is -2.48. The highest BCUT2D eigenvalue weighted by Gasteiger charge is 2.27. The fourth-order valence-electron chi connectivity index (χ4n) is 3.81. The van der Waals surface area contributed by atoms with Crippen molar-refractivity contribution in [1.29, 1.82) is 0 Å². The molecular formula is C25H32N2O4. The van der Waals surface area contributed by atoms with Gasteiger partial charge < -0.3 is 19.7 Å². The summed E-state index contributed by atoms with van der Waals surface area (Å²) in [5.41, 5.74) is 3.92. The highest BCUT2D eigenvalue weighted by atomic mass is 16.5. The minimum atomic E-state index is -0.614. The summed E-state index contributed by atoms with van der Waals surface area (Å²) in [6.07, 6.45) is 0.732. The number of fused-ring (bicyclic) bond motifs is 1. The van der Waals surface area contributed by atoms with Crippen LogP contribution in [0.15, 0.2) is 36.4 Å². The van der Waals surface area contributed by atoms with Crippen LogP contribution in [-0.2, 0) is 23.2 Å². The summed E-state index contributed by atoms with van der Waals surface area (Å²) in [6, 6.07) is 10.8. The summed E-state index contributed by atoms with van der Waals surface area (Å²) in [6.45, 7) is 9.20. The summed E-state index contributed by atoms with van der Waals surface area (Å²) < 4.78 is 10.8. The topological polar surface area (TPSA) is 67.9 Å². The molecule has 0 radical (unpaired) electrons. The SMILES string of the molecule is COc1cc2c(cc1OC)CN(C(=O)C(C)NC(=O)c1ccc(C(C)(C)C)cc1)CC2. The normalized spacial score (nSPS) is 14.5. The lowest BCUT2D eigenvalue weighted by atomic mass is 9.86. The molecule has 1 unspecified atom stereocenters. The first-order valence-corrected chi connectivity index (χ1v) is 10.6. The van der Waals surface area contributed by atoms with Crippen molar-refractivity contribution in [1.82, 2.24) is 10.2 Å². The molecule has 1 aliphatic heterocycles. The van der Waals surface area contributed by atoms with Gasteiger partial charge in [-0.1, -0.05) is 32.9 Å². The molecule has 6 heteroatoms. The van der Waals surface area contributed by atoms with Crippen molar-refractivity contribution in [2.24, 2.45) is 0 Å². The van der Waals surface area contributed by atoms with E-state index in [1.165, 1.54) is 0 Å². The van der Waals surface area contributed by atoms with Crippen LogP contribution in [0.1, 0.15) is 54.7 Å². The molecule has 0 bridgehead atoms. The van der Waals surface area contributed by atoms with Crippen LogP contribution in [0, 0.1) is 0 Å². The quantitative estimate of drug-likeness (QED) is 0.795. The van der Waals surface area contributed by atoms with E-state index in [0.717, 1.165) is 23.1 Å². The van der Waals surface area contributed by atoms with Crippen LogP contribution in [0.25, 0.3) is 0 Å². The van der Waals surface area contributed by atoms with Gasteiger partial charge in [-0.15, -0.1) is 0 Å². The zero-order chi connectivity index (χ0) is 22.8. The van der Waals surface area contributed by atoms with Crippen molar-refractivity contribution < 1.29 is 19.1 Å². The first-order valence-electron chi connectivity index (χ1n) is 10.6. The molecule has 3 rings (SSSR count). The molecule has 0 aromatic heterocycles. The molecule has 2 aromatic rings. The van der Waals surface area contributed by atoms with Crippen molar-refractivity contribution in [3.05, 3.63) is 58.7 Å². The molecule has 2 amide bonds. The maximum Gasteiger partial charge on any atom is 0.251 e. The van der Waals surface area contributed by atoms with E-state index in [1.54, 1.807) is 26.0 Å². The second-order valence-corrected chi connectivity index (χ2v) is 9.01. The largest absolute Gasteiger partial charge is 0.493 e. The van der Waals surface area contributed by atoms with Crippen molar-refractivity contribution in [3.8, 4) is 11.5 Å². The number of benzene rings is 2. The smallest absolute Gasteiger partial charge is 0.251 e. The average molecular weight is 425 g/mol. The van der Waals surface area contributed by atoms with Crippen molar-refractivity contribution in [2.45, 2.75) is 52.1 Å². The molecule has 166 valence electrons. The van der Waals surface area contributed by atoms with Crippen LogP contribution in [0.3, 0.4) is 0 Å². The summed E-state index contributed by atoms with van der Waals surface area (Å²) >= 11 is 0. The summed E-state index contributed by atoms with van der Waals surface area (Å²) in [7, 11) is 3.21. The van der Waals surface area contributed by atoms with Gasteiger partial charge >= 0.3 is 0 Å². The second-order valence-electron chi connectivity index (χ2n) is 9.01. The first-order chi connectivity index (χ1) is 14.6. The Morgan fingerprint density at radius 1 is 1.00 bits per heavy atom. The van der Waals surface area contributed by atoms with E-state index < -0.39 is 6.04 Å². The maximum atomic E-state index is 13.0. The predicted octanol–water partition coefficient (Wildman–Crippen LogP) is 3.70. The Morgan fingerprint density at radius 3 is 2.13 bits per heavy atom. The Labute approximate surface area is 184 Å². The van der Waals surface area contributed by atoms with Gasteiger partial charge in [0.25, 0.3) is 5.91 Å². The van der Waals surface area contributed by atoms with Crippen LogP contribution in [0.5, 0.6) is 11.5 Å². The van der Waals surface area contributed by atoms with Crippen LogP contribution < -0.4 is 14.8 Å². The number of nitrogens with one attached hydrogen (secondary N) is 1. The van der Waals surface area contributed by atoms with Crippen molar-refractivity contribution in [3.63, 3.8) is 0 Å². The van der Waals surface area contributed by atoms with Crippen LogP contribution in [0.4, 0.5) is 0 Å². The van der Waals surface area contributed by atoms with Gasteiger partial charge in [0.15, 0.2) is 11.5 Å². The number of carbonyl (C=O) groups is 2. The molecule has 0 saturated carbocycles. The lowest BCUT2D eigenvalue weighted by molar-refractivity contribution is -0.133. The molecule has 1 N–H and O–H groups in total. The van der Waals surface area contributed by atoms with E-state index in [1.807, 2.05) is 36.4 Å². The van der Waals surface area contributed by atoms with Crippen LogP contribution >= 0.6 is 0 Å². The molecule has 31 heavy (non-hydrogen) atoms. The number of amides is 2. The molecule has 6 nitrogen and oxygen atoms in total. The minimum Gasteiger partial charge on any atom is -0.493 e. The zero-order valence-corrected chi connectivity index (χ0v) is 19.2. The Morgan fingerprint density at radius 2 is 1.58 bits per heavy atom. The van der Waals surface area contributed by atoms with Gasteiger partial charge in [0, 0.05) is 18.7 Å². The first kappa shape index (κ1) is 22.7. The van der Waals surface area contributed by atoms with E-state index in [4.69, 9.17) is 9.47 Å². The van der Waals surface area contributed by atoms with Gasteiger partial charge in [-0.3, -0.25) is 9.59 Å². The molecular weight excluding hydrogens is 392 g/mol. The molecule has 0 fully saturated rings. The Bertz CT molecular complexity index is 961. The average Bonchev–Trinajstić information content (AvgIpc) is 2.76. The molecule has 2 aromatic carbocycles. The minimum absolute atomic E-state index is 0.0233. The second kappa shape index (κ2) is 9.00. The summed E-state index contributed by atoms with van der Waals surface area (Å²) in [5.74, 6) is 1.000. The van der Waals surface area contributed by atoms with Gasteiger partial charge in [0.2, 0.25) is 5.91 Å². The molecule has 0 spiro atoms. The Balaban J connectivity index is 1.66. The third-order valence-electron chi connectivity index (χ3n) is 5.76. The van der Waals surface area contributed by atoms with E-state index >= 15 is 0 Å². The summed E-state index contributed by atoms with van der Waals surface area (Å²) in [5, 5.41) is 2.84. The number of hydrogen-bond acceptors (Lipinski definition) is 4. The predicted molar refractivity (Wildman–Crippen MR) is 121 cm³/mol. The molecule has 0 aliphatic carbocycles. The number of ether oxygens (including phenoxy) is 2. The molecule has 1 heterocycles. The van der Waals surface area contributed by atoms with E-state index in [2.05, 4.69) is 26.1 Å². The Kier molecular flexibility index (Phi) is 6.58. The highest BCUT2D eigenvalue weighted by Crippen LogP contribution is 2.33. The Hall–Kier alpha value is -3.02. The van der Waals surface area contributed by atoms with Crippen molar-refractivity contribution in [2.75, 3.05) is 20.8 Å². The van der Waals surface area contributed by atoms with E-state index in [0.29, 0.717) is 30.2 Å². The fraction of sp³-hybridized carbons (Fsp3) is 0.440. The van der Waals surface area contributed by atoms with Crippen LogP contribution in [-0.4, -0.2) is 43.5 Å². The monoisotopic (exact) mass is 424 g/mol. The number of rotatable bonds is 5. The maximum absolute atomic E-state index is 13.0. The number of methoxy groups -OCH3 is 2. The number of nitrogens with zero attached hydrogens (tertiary/aromatic N) is 1. The third-order valence-corrected chi connectivity index (χ3v) is 5.76. The number of hydrogen-bond donors (Lipinski definition) is 1. The van der Waals surface area contributed by atoms with Crippen molar-refractivity contribution >= 4 is 11.8 Å². The summed E-state index contributed by atoms with van der Waals surface area (Å²) in [4.78, 5) is 27.4. The molecule has 1 atom stereocenters.